The summed E-state index contributed by atoms with van der Waals surface area (Å²) < 4.78 is 1.98. The number of aromatic carboxylic acids is 1. The van der Waals surface area contributed by atoms with Crippen LogP contribution in [0.4, 0.5) is 5.69 Å². The summed E-state index contributed by atoms with van der Waals surface area (Å²) in [4.78, 5) is 10.8. The van der Waals surface area contributed by atoms with Gasteiger partial charge < -0.3 is 15.0 Å². The molecule has 0 aliphatic carbocycles. The van der Waals surface area contributed by atoms with Gasteiger partial charge in [0.05, 0.1) is 5.56 Å². The minimum Gasteiger partial charge on any atom is -0.478 e. The van der Waals surface area contributed by atoms with E-state index in [1.807, 2.05) is 36.1 Å². The van der Waals surface area contributed by atoms with E-state index >= 15 is 0 Å². The highest BCUT2D eigenvalue weighted by Crippen LogP contribution is 2.12. The Morgan fingerprint density at radius 2 is 2.24 bits per heavy atom. The third-order valence-corrected chi connectivity index (χ3v) is 2.50. The van der Waals surface area contributed by atoms with Crippen LogP contribution in [0.25, 0.3) is 0 Å². The molecular weight excluding hydrogens is 216 g/mol. The van der Waals surface area contributed by atoms with Crippen molar-refractivity contribution < 1.29 is 9.90 Å². The molecule has 0 saturated heterocycles. The lowest BCUT2D eigenvalue weighted by atomic mass is 10.2. The first-order valence-corrected chi connectivity index (χ1v) is 5.33. The van der Waals surface area contributed by atoms with Crippen LogP contribution in [-0.2, 0) is 13.6 Å². The molecular formula is C13H14N2O2. The third-order valence-electron chi connectivity index (χ3n) is 2.50. The van der Waals surface area contributed by atoms with Crippen LogP contribution in [0.1, 0.15) is 15.9 Å². The lowest BCUT2D eigenvalue weighted by molar-refractivity contribution is 0.0697. The number of nitrogens with zero attached hydrogens (tertiary/aromatic N) is 1. The third kappa shape index (κ3) is 2.87. The minimum atomic E-state index is -0.909. The van der Waals surface area contributed by atoms with Gasteiger partial charge in [0.2, 0.25) is 0 Å². The molecule has 2 rings (SSSR count). The maximum atomic E-state index is 10.8. The smallest absolute Gasteiger partial charge is 0.335 e. The Morgan fingerprint density at radius 3 is 2.88 bits per heavy atom. The van der Waals surface area contributed by atoms with Crippen molar-refractivity contribution in [3.63, 3.8) is 0 Å². The number of anilines is 1. The summed E-state index contributed by atoms with van der Waals surface area (Å²) >= 11 is 0. The second-order valence-corrected chi connectivity index (χ2v) is 3.92. The van der Waals surface area contributed by atoms with Crippen LogP contribution < -0.4 is 5.32 Å². The summed E-state index contributed by atoms with van der Waals surface area (Å²) in [6.07, 6.45) is 4.00. The molecule has 0 fully saturated rings. The number of carboxylic acids is 1. The lowest BCUT2D eigenvalue weighted by Gasteiger charge is -2.05. The largest absolute Gasteiger partial charge is 0.478 e. The van der Waals surface area contributed by atoms with E-state index < -0.39 is 5.97 Å². The Labute approximate surface area is 99.5 Å². The summed E-state index contributed by atoms with van der Waals surface area (Å²) in [7, 11) is 1.97. The van der Waals surface area contributed by atoms with Gasteiger partial charge in [-0.05, 0) is 29.8 Å². The standard InChI is InChI=1S/C13H14N2O2/c1-15-6-5-10(9-15)8-14-12-4-2-3-11(7-12)13(16)17/h2-7,9,14H,8H2,1H3,(H,16,17). The monoisotopic (exact) mass is 230 g/mol. The summed E-state index contributed by atoms with van der Waals surface area (Å²) in [5, 5.41) is 12.1. The molecule has 0 bridgehead atoms. The van der Waals surface area contributed by atoms with E-state index in [0.717, 1.165) is 11.3 Å². The number of hydrogen-bond acceptors (Lipinski definition) is 2. The molecule has 1 aromatic carbocycles. The number of benzene rings is 1. The maximum absolute atomic E-state index is 10.8. The number of nitrogens with one attached hydrogen (secondary N) is 1. The van der Waals surface area contributed by atoms with Crippen molar-refractivity contribution in [1.29, 1.82) is 0 Å². The number of rotatable bonds is 4. The zero-order chi connectivity index (χ0) is 12.3. The lowest BCUT2D eigenvalue weighted by Crippen LogP contribution is -2.01. The van der Waals surface area contributed by atoms with Crippen molar-refractivity contribution in [1.82, 2.24) is 4.57 Å². The van der Waals surface area contributed by atoms with Gasteiger partial charge in [-0.3, -0.25) is 0 Å². The van der Waals surface area contributed by atoms with Crippen LogP contribution in [0.3, 0.4) is 0 Å². The summed E-state index contributed by atoms with van der Waals surface area (Å²) in [6.45, 7) is 0.684. The Morgan fingerprint density at radius 1 is 1.41 bits per heavy atom. The van der Waals surface area contributed by atoms with E-state index in [2.05, 4.69) is 5.32 Å². The second kappa shape index (κ2) is 4.74. The van der Waals surface area contributed by atoms with Gasteiger partial charge >= 0.3 is 5.97 Å². The average molecular weight is 230 g/mol. The van der Waals surface area contributed by atoms with E-state index in [4.69, 9.17) is 5.11 Å². The van der Waals surface area contributed by atoms with Gasteiger partial charge in [0.1, 0.15) is 0 Å². The fourth-order valence-corrected chi connectivity index (χ4v) is 1.63. The molecule has 0 atom stereocenters. The van der Waals surface area contributed by atoms with Gasteiger partial charge in [-0.2, -0.15) is 0 Å². The van der Waals surface area contributed by atoms with Gasteiger partial charge in [-0.1, -0.05) is 6.07 Å². The predicted octanol–water partition coefficient (Wildman–Crippen LogP) is 2.34. The molecule has 0 radical (unpaired) electrons. The molecule has 0 spiro atoms. The first-order chi connectivity index (χ1) is 8.15. The molecule has 17 heavy (non-hydrogen) atoms. The molecule has 0 aliphatic rings. The normalized spacial score (nSPS) is 10.2. The molecule has 0 unspecified atom stereocenters. The SMILES string of the molecule is Cn1ccc(CNc2cccc(C(=O)O)c2)c1. The van der Waals surface area contributed by atoms with Crippen molar-refractivity contribution in [3.05, 3.63) is 53.9 Å². The zero-order valence-electron chi connectivity index (χ0n) is 9.55. The fraction of sp³-hybridized carbons (Fsp3) is 0.154. The first kappa shape index (κ1) is 11.3. The van der Waals surface area contributed by atoms with E-state index in [1.54, 1.807) is 18.2 Å². The zero-order valence-corrected chi connectivity index (χ0v) is 9.55. The summed E-state index contributed by atoms with van der Waals surface area (Å²) in [5.74, 6) is -0.909. The van der Waals surface area contributed by atoms with Crippen LogP contribution >= 0.6 is 0 Å². The molecule has 0 aliphatic heterocycles. The van der Waals surface area contributed by atoms with Gasteiger partial charge in [0, 0.05) is 31.7 Å². The molecule has 2 aromatic rings. The molecule has 2 N–H and O–H groups in total. The van der Waals surface area contributed by atoms with E-state index in [1.165, 1.54) is 0 Å². The van der Waals surface area contributed by atoms with Gasteiger partial charge in [0.15, 0.2) is 0 Å². The van der Waals surface area contributed by atoms with Gasteiger partial charge in [-0.25, -0.2) is 4.79 Å². The van der Waals surface area contributed by atoms with E-state index in [-0.39, 0.29) is 0 Å². The van der Waals surface area contributed by atoms with E-state index in [9.17, 15) is 4.79 Å². The van der Waals surface area contributed by atoms with Crippen LogP contribution in [-0.4, -0.2) is 15.6 Å². The summed E-state index contributed by atoms with van der Waals surface area (Å²) in [5.41, 5.74) is 2.27. The van der Waals surface area contributed by atoms with Crippen molar-refractivity contribution in [3.8, 4) is 0 Å². The molecule has 1 heterocycles. The van der Waals surface area contributed by atoms with Crippen LogP contribution in [0.15, 0.2) is 42.7 Å². The van der Waals surface area contributed by atoms with Crippen LogP contribution in [0.5, 0.6) is 0 Å². The summed E-state index contributed by atoms with van der Waals surface area (Å²) in [6, 6.07) is 8.82. The second-order valence-electron chi connectivity index (χ2n) is 3.92. The minimum absolute atomic E-state index is 0.295. The van der Waals surface area contributed by atoms with E-state index in [0.29, 0.717) is 12.1 Å². The molecule has 88 valence electrons. The van der Waals surface area contributed by atoms with Crippen molar-refractivity contribution in [2.75, 3.05) is 5.32 Å². The Balaban J connectivity index is 2.04. The molecule has 0 amide bonds. The number of carbonyl (C=O) groups is 1. The molecule has 1 aromatic heterocycles. The predicted molar refractivity (Wildman–Crippen MR) is 66.1 cm³/mol. The van der Waals surface area contributed by atoms with Crippen molar-refractivity contribution >= 4 is 11.7 Å². The van der Waals surface area contributed by atoms with Crippen molar-refractivity contribution in [2.45, 2.75) is 6.54 Å². The maximum Gasteiger partial charge on any atom is 0.335 e. The molecule has 4 nitrogen and oxygen atoms in total. The first-order valence-electron chi connectivity index (χ1n) is 5.33. The quantitative estimate of drug-likeness (QED) is 0.847. The highest BCUT2D eigenvalue weighted by Gasteiger charge is 2.02. The highest BCUT2D eigenvalue weighted by molar-refractivity contribution is 5.88. The van der Waals surface area contributed by atoms with Gasteiger partial charge in [0.25, 0.3) is 0 Å². The number of aromatic nitrogens is 1. The number of aryl methyl sites for hydroxylation is 1. The Kier molecular flexibility index (Phi) is 3.14. The van der Waals surface area contributed by atoms with Crippen LogP contribution in [0, 0.1) is 0 Å². The Bertz CT molecular complexity index is 532. The molecule has 4 heteroatoms. The van der Waals surface area contributed by atoms with Crippen LogP contribution in [0.2, 0.25) is 0 Å². The van der Waals surface area contributed by atoms with Gasteiger partial charge in [-0.15, -0.1) is 0 Å². The highest BCUT2D eigenvalue weighted by atomic mass is 16.4. The fourth-order valence-electron chi connectivity index (χ4n) is 1.63. The Hall–Kier alpha value is -2.23. The number of carboxylic acid groups (broad SMARTS) is 1. The number of hydrogen-bond donors (Lipinski definition) is 2. The van der Waals surface area contributed by atoms with Crippen molar-refractivity contribution in [2.24, 2.45) is 7.05 Å². The average Bonchev–Trinajstić information content (AvgIpc) is 2.73. The topological polar surface area (TPSA) is 54.3 Å². The molecule has 0 saturated carbocycles.